The van der Waals surface area contributed by atoms with Crippen LogP contribution in [0.1, 0.15) is 38.6 Å². The number of thioether (sulfide) groups is 1. The maximum absolute atomic E-state index is 6.08. The van der Waals surface area contributed by atoms with Gasteiger partial charge in [-0.05, 0) is 11.7 Å². The smallest absolute Gasteiger partial charge is 0.141 e. The minimum absolute atomic E-state index is 0.501. The van der Waals surface area contributed by atoms with Crippen LogP contribution in [0.5, 0.6) is 0 Å². The molecule has 0 aromatic carbocycles. The summed E-state index contributed by atoms with van der Waals surface area (Å²) in [7, 11) is 0. The molecular formula is C11H16Cl2N2S. The maximum atomic E-state index is 6.08. The van der Waals surface area contributed by atoms with E-state index in [0.717, 1.165) is 24.2 Å². The van der Waals surface area contributed by atoms with Crippen molar-refractivity contribution in [2.75, 3.05) is 0 Å². The minimum Gasteiger partial charge on any atom is -0.220 e. The van der Waals surface area contributed by atoms with Crippen molar-refractivity contribution >= 4 is 35.0 Å². The Morgan fingerprint density at radius 1 is 1.19 bits per heavy atom. The Morgan fingerprint density at radius 2 is 1.75 bits per heavy atom. The summed E-state index contributed by atoms with van der Waals surface area (Å²) in [6, 6.07) is 0. The first-order valence-electron chi connectivity index (χ1n) is 5.37. The van der Waals surface area contributed by atoms with Gasteiger partial charge in [0.05, 0.1) is 5.75 Å². The molecule has 0 radical (unpaired) electrons. The standard InChI is InChI=1S/C11H16Cl2N2S/c1-4-5-8-10(12)14-9(15-11(8)13)6-16-7(2)3/h7H,4-6H2,1-3H3. The zero-order valence-electron chi connectivity index (χ0n) is 9.76. The van der Waals surface area contributed by atoms with E-state index in [4.69, 9.17) is 23.2 Å². The SMILES string of the molecule is CCCc1c(Cl)nc(CSC(C)C)nc1Cl. The molecule has 5 heteroatoms. The largest absolute Gasteiger partial charge is 0.220 e. The summed E-state index contributed by atoms with van der Waals surface area (Å²) in [4.78, 5) is 8.55. The highest BCUT2D eigenvalue weighted by Gasteiger charge is 2.11. The van der Waals surface area contributed by atoms with Gasteiger partial charge in [-0.3, -0.25) is 0 Å². The number of nitrogens with zero attached hydrogens (tertiary/aromatic N) is 2. The maximum Gasteiger partial charge on any atom is 0.141 e. The first kappa shape index (κ1) is 14.1. The fourth-order valence-corrected chi connectivity index (χ4v) is 2.46. The molecule has 0 bridgehead atoms. The minimum atomic E-state index is 0.501. The summed E-state index contributed by atoms with van der Waals surface area (Å²) in [5.74, 6) is 1.47. The Kier molecular flexibility index (Phi) is 5.87. The van der Waals surface area contributed by atoms with Gasteiger partial charge in [-0.1, -0.05) is 50.4 Å². The van der Waals surface area contributed by atoms with Gasteiger partial charge in [-0.2, -0.15) is 11.8 Å². The predicted molar refractivity (Wildman–Crippen MR) is 72.5 cm³/mol. The molecule has 16 heavy (non-hydrogen) atoms. The van der Waals surface area contributed by atoms with Crippen molar-refractivity contribution in [2.45, 2.75) is 44.6 Å². The Bertz CT molecular complexity index is 333. The van der Waals surface area contributed by atoms with Crippen molar-refractivity contribution in [2.24, 2.45) is 0 Å². The van der Waals surface area contributed by atoms with E-state index in [1.807, 2.05) is 0 Å². The van der Waals surface area contributed by atoms with E-state index in [2.05, 4.69) is 30.7 Å². The third-order valence-electron chi connectivity index (χ3n) is 2.00. The molecule has 0 saturated heterocycles. The molecule has 0 aliphatic rings. The third kappa shape index (κ3) is 4.11. The zero-order chi connectivity index (χ0) is 12.1. The first-order valence-corrected chi connectivity index (χ1v) is 7.17. The molecule has 2 nitrogen and oxygen atoms in total. The molecule has 0 fully saturated rings. The normalized spacial score (nSPS) is 11.1. The highest BCUT2D eigenvalue weighted by Crippen LogP contribution is 2.24. The second kappa shape index (κ2) is 6.67. The molecule has 1 rings (SSSR count). The van der Waals surface area contributed by atoms with Crippen LogP contribution < -0.4 is 0 Å². The quantitative estimate of drug-likeness (QED) is 0.748. The number of rotatable bonds is 5. The van der Waals surface area contributed by atoms with E-state index < -0.39 is 0 Å². The predicted octanol–water partition coefficient (Wildman–Crippen LogP) is 4.38. The van der Waals surface area contributed by atoms with E-state index in [9.17, 15) is 0 Å². The van der Waals surface area contributed by atoms with Gasteiger partial charge in [0.1, 0.15) is 16.1 Å². The summed E-state index contributed by atoms with van der Waals surface area (Å²) in [5.41, 5.74) is 0.865. The summed E-state index contributed by atoms with van der Waals surface area (Å²) in [6.45, 7) is 6.36. The second-order valence-corrected chi connectivity index (χ2v) is 6.09. The third-order valence-corrected chi connectivity index (χ3v) is 3.72. The van der Waals surface area contributed by atoms with Gasteiger partial charge in [-0.15, -0.1) is 0 Å². The van der Waals surface area contributed by atoms with Crippen LogP contribution in [-0.4, -0.2) is 15.2 Å². The Labute approximate surface area is 111 Å². The van der Waals surface area contributed by atoms with E-state index in [-0.39, 0.29) is 0 Å². The van der Waals surface area contributed by atoms with Gasteiger partial charge in [0.15, 0.2) is 0 Å². The van der Waals surface area contributed by atoms with Crippen LogP contribution >= 0.6 is 35.0 Å². The average Bonchev–Trinajstić information content (AvgIpc) is 2.20. The molecule has 0 unspecified atom stereocenters. The van der Waals surface area contributed by atoms with Crippen molar-refractivity contribution in [3.8, 4) is 0 Å². The lowest BCUT2D eigenvalue weighted by molar-refractivity contribution is 0.887. The topological polar surface area (TPSA) is 25.8 Å². The van der Waals surface area contributed by atoms with Crippen LogP contribution in [0.2, 0.25) is 10.3 Å². The summed E-state index contributed by atoms with van der Waals surface area (Å²) in [6.07, 6.45) is 1.82. The van der Waals surface area contributed by atoms with Crippen LogP contribution in [0, 0.1) is 0 Å². The molecule has 1 aromatic heterocycles. The monoisotopic (exact) mass is 278 g/mol. The van der Waals surface area contributed by atoms with Gasteiger partial charge in [0.25, 0.3) is 0 Å². The second-order valence-electron chi connectivity index (χ2n) is 3.81. The molecule has 1 heterocycles. The molecule has 0 saturated carbocycles. The van der Waals surface area contributed by atoms with Gasteiger partial charge >= 0.3 is 0 Å². The van der Waals surface area contributed by atoms with Crippen LogP contribution in [0.3, 0.4) is 0 Å². The molecule has 1 aromatic rings. The molecular weight excluding hydrogens is 263 g/mol. The highest BCUT2D eigenvalue weighted by atomic mass is 35.5. The lowest BCUT2D eigenvalue weighted by Gasteiger charge is -2.08. The molecule has 0 N–H and O–H groups in total. The molecule has 90 valence electrons. The Hall–Kier alpha value is 0.01000. The number of hydrogen-bond acceptors (Lipinski definition) is 3. The van der Waals surface area contributed by atoms with Gasteiger partial charge < -0.3 is 0 Å². The van der Waals surface area contributed by atoms with Crippen molar-refractivity contribution in [1.82, 2.24) is 9.97 Å². The van der Waals surface area contributed by atoms with Gasteiger partial charge in [0.2, 0.25) is 0 Å². The average molecular weight is 279 g/mol. The van der Waals surface area contributed by atoms with Gasteiger partial charge in [0, 0.05) is 5.56 Å². The van der Waals surface area contributed by atoms with E-state index in [1.165, 1.54) is 0 Å². The van der Waals surface area contributed by atoms with Crippen LogP contribution in [0.15, 0.2) is 0 Å². The zero-order valence-corrected chi connectivity index (χ0v) is 12.1. The Morgan fingerprint density at radius 3 is 2.19 bits per heavy atom. The van der Waals surface area contributed by atoms with Crippen LogP contribution in [0.4, 0.5) is 0 Å². The highest BCUT2D eigenvalue weighted by molar-refractivity contribution is 7.99. The van der Waals surface area contributed by atoms with Crippen LogP contribution in [0.25, 0.3) is 0 Å². The van der Waals surface area contributed by atoms with Crippen molar-refractivity contribution in [3.63, 3.8) is 0 Å². The first-order chi connectivity index (χ1) is 7.54. The number of halogens is 2. The molecule has 0 aliphatic carbocycles. The molecule has 0 amide bonds. The summed E-state index contributed by atoms with van der Waals surface area (Å²) >= 11 is 13.9. The summed E-state index contributed by atoms with van der Waals surface area (Å²) < 4.78 is 0. The van der Waals surface area contributed by atoms with E-state index in [0.29, 0.717) is 21.4 Å². The van der Waals surface area contributed by atoms with Gasteiger partial charge in [-0.25, -0.2) is 9.97 Å². The Balaban J connectivity index is 2.82. The van der Waals surface area contributed by atoms with Crippen LogP contribution in [-0.2, 0) is 12.2 Å². The fourth-order valence-electron chi connectivity index (χ4n) is 1.23. The van der Waals surface area contributed by atoms with Crippen molar-refractivity contribution in [3.05, 3.63) is 21.7 Å². The molecule has 0 atom stereocenters. The van der Waals surface area contributed by atoms with E-state index in [1.54, 1.807) is 11.8 Å². The lowest BCUT2D eigenvalue weighted by Crippen LogP contribution is -2.01. The summed E-state index contributed by atoms with van der Waals surface area (Å²) in [5, 5.41) is 1.55. The van der Waals surface area contributed by atoms with Crippen molar-refractivity contribution < 1.29 is 0 Å². The molecule has 0 aliphatic heterocycles. The van der Waals surface area contributed by atoms with E-state index >= 15 is 0 Å². The fraction of sp³-hybridized carbons (Fsp3) is 0.636. The molecule has 0 spiro atoms. The number of hydrogen-bond donors (Lipinski definition) is 0. The number of aromatic nitrogens is 2. The lowest BCUT2D eigenvalue weighted by atomic mass is 10.2. The van der Waals surface area contributed by atoms with Crippen molar-refractivity contribution in [1.29, 1.82) is 0 Å².